The van der Waals surface area contributed by atoms with E-state index in [2.05, 4.69) is 20.1 Å². The van der Waals surface area contributed by atoms with Crippen molar-refractivity contribution in [2.24, 2.45) is 0 Å². The molecule has 28 heavy (non-hydrogen) atoms. The highest BCUT2D eigenvalue weighted by molar-refractivity contribution is 5.69. The van der Waals surface area contributed by atoms with Crippen molar-refractivity contribution in [1.29, 1.82) is 0 Å². The smallest absolute Gasteiger partial charge is 0.310 e. The van der Waals surface area contributed by atoms with Crippen LogP contribution in [0.15, 0.2) is 25.5 Å². The summed E-state index contributed by atoms with van der Waals surface area (Å²) in [5, 5.41) is 0. The second-order valence-electron chi connectivity index (χ2n) is 6.97. The Bertz CT molecular complexity index is 307. The second kappa shape index (κ2) is 33.5. The molecule has 0 saturated carbocycles. The van der Waals surface area contributed by atoms with E-state index >= 15 is 0 Å². The van der Waals surface area contributed by atoms with Gasteiger partial charge in [0.05, 0.1) is 6.26 Å². The maximum Gasteiger partial charge on any atom is 0.310 e. The molecular weight excluding hydrogens is 348 g/mol. The molecule has 0 rings (SSSR count). The third-order valence-corrected chi connectivity index (χ3v) is 4.52. The molecule has 0 aromatic rings. The van der Waals surface area contributed by atoms with Crippen LogP contribution in [0.2, 0.25) is 0 Å². The molecule has 0 bridgehead atoms. The van der Waals surface area contributed by atoms with E-state index in [0.29, 0.717) is 6.42 Å². The van der Waals surface area contributed by atoms with Crippen LogP contribution in [0.1, 0.15) is 123 Å². The molecule has 0 heterocycles. The van der Waals surface area contributed by atoms with Crippen molar-refractivity contribution in [2.45, 2.75) is 123 Å². The van der Waals surface area contributed by atoms with Crippen molar-refractivity contribution in [1.82, 2.24) is 12.3 Å². The van der Waals surface area contributed by atoms with Crippen LogP contribution < -0.4 is 12.3 Å². The number of hydrogen-bond donors (Lipinski definition) is 2. The van der Waals surface area contributed by atoms with Crippen molar-refractivity contribution in [2.75, 3.05) is 0 Å². The lowest BCUT2D eigenvalue weighted by Crippen LogP contribution is -1.98. The van der Waals surface area contributed by atoms with Crippen molar-refractivity contribution in [3.8, 4) is 0 Å². The first-order valence-corrected chi connectivity index (χ1v) is 11.2. The number of carbonyl (C=O) groups is 1. The first-order chi connectivity index (χ1) is 12.8. The number of allylic oxidation sites excluding steroid dienone is 1. The van der Waals surface area contributed by atoms with E-state index in [1.54, 1.807) is 0 Å². The highest BCUT2D eigenvalue weighted by atomic mass is 16.5. The van der Waals surface area contributed by atoms with Gasteiger partial charge in [0.15, 0.2) is 0 Å². The minimum Gasteiger partial charge on any atom is -0.435 e. The third-order valence-electron chi connectivity index (χ3n) is 4.52. The van der Waals surface area contributed by atoms with E-state index in [1.165, 1.54) is 89.7 Å². The van der Waals surface area contributed by atoms with Gasteiger partial charge in [0.25, 0.3) is 0 Å². The maximum absolute atomic E-state index is 11.4. The number of rotatable bonds is 18. The molecule has 6 N–H and O–H groups in total. The first kappa shape index (κ1) is 34.4. The van der Waals surface area contributed by atoms with Gasteiger partial charge in [0, 0.05) is 6.42 Å². The normalized spacial score (nSPS) is 9.79. The van der Waals surface area contributed by atoms with Gasteiger partial charge in [-0.2, -0.15) is 0 Å². The summed E-state index contributed by atoms with van der Waals surface area (Å²) in [5.74, 6) is -0.0885. The van der Waals surface area contributed by atoms with E-state index < -0.39 is 0 Å². The van der Waals surface area contributed by atoms with Crippen LogP contribution in [0.3, 0.4) is 0 Å². The Hall–Kier alpha value is -1.13. The monoisotopic (exact) mass is 400 g/mol. The van der Waals surface area contributed by atoms with Gasteiger partial charge < -0.3 is 17.0 Å². The van der Waals surface area contributed by atoms with Crippen molar-refractivity contribution in [3.05, 3.63) is 25.5 Å². The molecule has 0 saturated heterocycles. The minimum atomic E-state index is -0.0885. The Morgan fingerprint density at radius 2 is 1.04 bits per heavy atom. The lowest BCUT2D eigenvalue weighted by Gasteiger charge is -2.03. The van der Waals surface area contributed by atoms with E-state index in [1.807, 2.05) is 13.0 Å². The minimum absolute atomic E-state index is 0. The molecule has 0 unspecified atom stereocenters. The molecule has 0 fully saturated rings. The van der Waals surface area contributed by atoms with Gasteiger partial charge >= 0.3 is 5.97 Å². The Balaban J connectivity index is -0.000000695. The zero-order valence-corrected chi connectivity index (χ0v) is 19.3. The van der Waals surface area contributed by atoms with Crippen molar-refractivity contribution >= 4 is 5.97 Å². The zero-order chi connectivity index (χ0) is 19.7. The summed E-state index contributed by atoms with van der Waals surface area (Å²) in [4.78, 5) is 11.4. The number of ether oxygens (including phenoxy) is 1. The molecule has 0 spiro atoms. The van der Waals surface area contributed by atoms with Gasteiger partial charge in [-0.05, 0) is 18.9 Å². The van der Waals surface area contributed by atoms with Crippen LogP contribution in [0.5, 0.6) is 0 Å². The number of esters is 1. The Kier molecular flexibility index (Phi) is 41.1. The molecule has 0 aliphatic rings. The van der Waals surface area contributed by atoms with Crippen LogP contribution in [-0.2, 0) is 9.53 Å². The van der Waals surface area contributed by atoms with Crippen LogP contribution in [0, 0.1) is 0 Å². The van der Waals surface area contributed by atoms with E-state index in [9.17, 15) is 4.79 Å². The SMILES string of the molecule is C=C.CC/C=C/OC(=O)CCCCCCCCCCCCCCCCC.N.N. The van der Waals surface area contributed by atoms with E-state index in [4.69, 9.17) is 4.74 Å². The predicted molar refractivity (Wildman–Crippen MR) is 126 cm³/mol. The summed E-state index contributed by atoms with van der Waals surface area (Å²) in [6, 6.07) is 0. The fourth-order valence-corrected chi connectivity index (χ4v) is 2.92. The average Bonchev–Trinajstić information content (AvgIpc) is 2.66. The van der Waals surface area contributed by atoms with Gasteiger partial charge in [0.1, 0.15) is 0 Å². The Morgan fingerprint density at radius 3 is 1.39 bits per heavy atom. The summed E-state index contributed by atoms with van der Waals surface area (Å²) in [6.07, 6.45) is 25.1. The van der Waals surface area contributed by atoms with E-state index in [0.717, 1.165) is 19.3 Å². The molecule has 170 valence electrons. The highest BCUT2D eigenvalue weighted by Gasteiger charge is 2.00. The fourth-order valence-electron chi connectivity index (χ4n) is 2.92. The zero-order valence-electron chi connectivity index (χ0n) is 19.3. The third kappa shape index (κ3) is 32.5. The van der Waals surface area contributed by atoms with Gasteiger partial charge in [0.2, 0.25) is 0 Å². The van der Waals surface area contributed by atoms with Crippen molar-refractivity contribution in [3.63, 3.8) is 0 Å². The van der Waals surface area contributed by atoms with Gasteiger partial charge in [-0.15, -0.1) is 13.2 Å². The largest absolute Gasteiger partial charge is 0.435 e. The van der Waals surface area contributed by atoms with E-state index in [-0.39, 0.29) is 18.3 Å². The van der Waals surface area contributed by atoms with Crippen LogP contribution >= 0.6 is 0 Å². The standard InChI is InChI=1S/C22H42O2.C2H4.2H3N/c1-3-5-7-8-9-10-11-12-13-14-15-16-17-18-19-20-22(23)24-21-6-4-2;1-2;;/h6,21H,3-5,7-20H2,1-2H3;1-2H2;2*1H3/b21-6+;;;. The quantitative estimate of drug-likeness (QED) is 0.104. The molecule has 0 aromatic carbocycles. The summed E-state index contributed by atoms with van der Waals surface area (Å²) in [6.45, 7) is 10.3. The Morgan fingerprint density at radius 1 is 0.679 bits per heavy atom. The molecule has 4 heteroatoms. The molecule has 0 atom stereocenters. The predicted octanol–water partition coefficient (Wildman–Crippen LogP) is 8.84. The highest BCUT2D eigenvalue weighted by Crippen LogP contribution is 2.13. The number of carbonyl (C=O) groups excluding carboxylic acids is 1. The van der Waals surface area contributed by atoms with Crippen LogP contribution in [-0.4, -0.2) is 5.97 Å². The molecule has 4 nitrogen and oxygen atoms in total. The first-order valence-electron chi connectivity index (χ1n) is 11.2. The number of unbranched alkanes of at least 4 members (excludes halogenated alkanes) is 14. The van der Waals surface area contributed by atoms with Crippen molar-refractivity contribution < 1.29 is 9.53 Å². The number of hydrogen-bond acceptors (Lipinski definition) is 4. The molecule has 0 amide bonds. The fraction of sp³-hybridized carbons (Fsp3) is 0.792. The maximum atomic E-state index is 11.4. The lowest BCUT2D eigenvalue weighted by atomic mass is 10.0. The molecule has 0 radical (unpaired) electrons. The van der Waals surface area contributed by atoms with Gasteiger partial charge in [-0.1, -0.05) is 104 Å². The Labute approximate surface area is 176 Å². The molecule has 0 aliphatic carbocycles. The molecule has 0 aliphatic heterocycles. The van der Waals surface area contributed by atoms with Crippen LogP contribution in [0.4, 0.5) is 0 Å². The molecular formula is C24H52N2O2. The molecule has 0 aromatic heterocycles. The summed E-state index contributed by atoms with van der Waals surface area (Å²) in [7, 11) is 0. The average molecular weight is 401 g/mol. The summed E-state index contributed by atoms with van der Waals surface area (Å²) < 4.78 is 4.98. The summed E-state index contributed by atoms with van der Waals surface area (Å²) >= 11 is 0. The lowest BCUT2D eigenvalue weighted by molar-refractivity contribution is -0.138. The second-order valence-corrected chi connectivity index (χ2v) is 6.97. The van der Waals surface area contributed by atoms with Crippen LogP contribution in [0.25, 0.3) is 0 Å². The topological polar surface area (TPSA) is 96.3 Å². The summed E-state index contributed by atoms with van der Waals surface area (Å²) in [5.41, 5.74) is 0. The van der Waals surface area contributed by atoms with Gasteiger partial charge in [-0.3, -0.25) is 4.79 Å². The van der Waals surface area contributed by atoms with Gasteiger partial charge in [-0.25, -0.2) is 0 Å².